The van der Waals surface area contributed by atoms with Crippen molar-refractivity contribution >= 4 is 11.8 Å². The van der Waals surface area contributed by atoms with Crippen LogP contribution in [0.15, 0.2) is 78.9 Å². The zero-order valence-electron chi connectivity index (χ0n) is 20.0. The molecule has 1 unspecified atom stereocenters. The van der Waals surface area contributed by atoms with Crippen LogP contribution in [0.25, 0.3) is 0 Å². The molecule has 0 aromatic heterocycles. The minimum atomic E-state index is -0.896. The molecule has 0 spiro atoms. The zero-order valence-corrected chi connectivity index (χ0v) is 20.0. The molecule has 1 aliphatic rings. The number of nitrogens with zero attached hydrogens (tertiary/aromatic N) is 2. The second-order valence-electron chi connectivity index (χ2n) is 6.73. The normalized spacial score (nSPS) is 12.0. The number of β-amino-alcohol motifs (C(OH)–C–C–N with tert-alkyl or cyclic N) is 1. The van der Waals surface area contributed by atoms with E-state index < -0.39 is 17.9 Å². The summed E-state index contributed by atoms with van der Waals surface area (Å²) in [5, 5.41) is 18.4. The molecule has 0 radical (unpaired) electrons. The number of amides is 2. The second kappa shape index (κ2) is 15.1. The molecule has 1 N–H and O–H groups in total. The smallest absolute Gasteiger partial charge is 0.261 e. The molecule has 4 rings (SSSR count). The number of rotatable bonds is 4. The Kier molecular flexibility index (Phi) is 12.5. The molecule has 1 heterocycles. The van der Waals surface area contributed by atoms with Crippen molar-refractivity contribution in [3.63, 3.8) is 0 Å². The third-order valence-corrected chi connectivity index (χ3v) is 4.56. The third kappa shape index (κ3) is 7.95. The Morgan fingerprint density at radius 2 is 1.29 bits per heavy atom. The molecule has 0 aliphatic carbocycles. The predicted octanol–water partition coefficient (Wildman–Crippen LogP) is 5.64. The molecule has 3 aromatic rings. The van der Waals surface area contributed by atoms with Gasteiger partial charge in [-0.25, -0.2) is 4.39 Å². The zero-order chi connectivity index (χ0) is 25.5. The third-order valence-electron chi connectivity index (χ3n) is 4.56. The summed E-state index contributed by atoms with van der Waals surface area (Å²) in [7, 11) is 0. The lowest BCUT2D eigenvalue weighted by Crippen LogP contribution is -2.37. The van der Waals surface area contributed by atoms with Gasteiger partial charge in [0, 0.05) is 6.42 Å². The van der Waals surface area contributed by atoms with Crippen LogP contribution >= 0.6 is 0 Å². The molecular formula is C28H31FN2O3. The number of hydrogen-bond acceptors (Lipinski definition) is 4. The minimum Gasteiger partial charge on any atom is -0.391 e. The standard InChI is InChI=1S/C17H14FNO3.C7H5N.2C2H6/c18-12-7-5-11(6-8-12)9-13(20)10-19-16(21)14-3-1-2-4-15(14)17(19)22;8-6-7-4-2-1-3-5-7;2*1-2/h1-8,13,20H,9-10H2;1-5H;2*1-2H3. The van der Waals surface area contributed by atoms with Gasteiger partial charge in [-0.1, -0.05) is 70.2 Å². The maximum Gasteiger partial charge on any atom is 0.261 e. The lowest BCUT2D eigenvalue weighted by atomic mass is 10.1. The maximum atomic E-state index is 12.8. The summed E-state index contributed by atoms with van der Waals surface area (Å²) in [6.07, 6.45) is -0.652. The summed E-state index contributed by atoms with van der Waals surface area (Å²) < 4.78 is 12.8. The van der Waals surface area contributed by atoms with E-state index in [1.807, 2.05) is 52.0 Å². The van der Waals surface area contributed by atoms with Gasteiger partial charge < -0.3 is 5.11 Å². The Bertz CT molecular complexity index is 1040. The number of carbonyl (C=O) groups is 2. The Hall–Kier alpha value is -3.82. The van der Waals surface area contributed by atoms with E-state index in [0.29, 0.717) is 16.7 Å². The molecule has 0 fully saturated rings. The largest absolute Gasteiger partial charge is 0.391 e. The summed E-state index contributed by atoms with van der Waals surface area (Å²) in [4.78, 5) is 25.4. The van der Waals surface area contributed by atoms with Gasteiger partial charge >= 0.3 is 0 Å². The highest BCUT2D eigenvalue weighted by molar-refractivity contribution is 6.21. The van der Waals surface area contributed by atoms with Gasteiger partial charge in [0.1, 0.15) is 5.82 Å². The van der Waals surface area contributed by atoms with Crippen LogP contribution in [0.2, 0.25) is 0 Å². The summed E-state index contributed by atoms with van der Waals surface area (Å²) in [6, 6.07) is 23.5. The van der Waals surface area contributed by atoms with Crippen LogP contribution in [-0.2, 0) is 6.42 Å². The van der Waals surface area contributed by atoms with E-state index in [9.17, 15) is 19.1 Å². The molecule has 2 amide bonds. The minimum absolute atomic E-state index is 0.0796. The first-order valence-corrected chi connectivity index (χ1v) is 11.3. The van der Waals surface area contributed by atoms with E-state index in [0.717, 1.165) is 10.5 Å². The number of carbonyl (C=O) groups excluding carboxylic acids is 2. The molecule has 0 saturated carbocycles. The van der Waals surface area contributed by atoms with Crippen LogP contribution in [0.4, 0.5) is 4.39 Å². The van der Waals surface area contributed by atoms with E-state index in [2.05, 4.69) is 0 Å². The van der Waals surface area contributed by atoms with Crippen molar-refractivity contribution in [3.8, 4) is 6.07 Å². The van der Waals surface area contributed by atoms with Crippen molar-refractivity contribution in [1.29, 1.82) is 5.26 Å². The van der Waals surface area contributed by atoms with Crippen molar-refractivity contribution in [2.45, 2.75) is 40.2 Å². The van der Waals surface area contributed by atoms with Crippen molar-refractivity contribution in [2.24, 2.45) is 0 Å². The molecular weight excluding hydrogens is 431 g/mol. The topological polar surface area (TPSA) is 81.4 Å². The summed E-state index contributed by atoms with van der Waals surface area (Å²) in [5.74, 6) is -1.13. The first-order chi connectivity index (χ1) is 16.5. The Morgan fingerprint density at radius 3 is 1.74 bits per heavy atom. The molecule has 1 aliphatic heterocycles. The van der Waals surface area contributed by atoms with Crippen LogP contribution in [0, 0.1) is 17.1 Å². The van der Waals surface area contributed by atoms with Gasteiger partial charge in [-0.15, -0.1) is 0 Å². The van der Waals surface area contributed by atoms with Gasteiger partial charge in [-0.2, -0.15) is 5.26 Å². The van der Waals surface area contributed by atoms with Gasteiger partial charge in [-0.3, -0.25) is 14.5 Å². The first-order valence-electron chi connectivity index (χ1n) is 11.3. The average Bonchev–Trinajstić information content (AvgIpc) is 3.13. The quantitative estimate of drug-likeness (QED) is 0.509. The van der Waals surface area contributed by atoms with E-state index in [4.69, 9.17) is 5.26 Å². The van der Waals surface area contributed by atoms with Crippen molar-refractivity contribution in [1.82, 2.24) is 4.90 Å². The van der Waals surface area contributed by atoms with Gasteiger partial charge in [0.25, 0.3) is 11.8 Å². The molecule has 34 heavy (non-hydrogen) atoms. The fourth-order valence-electron chi connectivity index (χ4n) is 3.09. The fraction of sp³-hybridized carbons (Fsp3) is 0.250. The molecule has 3 aromatic carbocycles. The van der Waals surface area contributed by atoms with E-state index >= 15 is 0 Å². The highest BCUT2D eigenvalue weighted by Gasteiger charge is 2.35. The molecule has 0 saturated heterocycles. The second-order valence-corrected chi connectivity index (χ2v) is 6.73. The highest BCUT2D eigenvalue weighted by Crippen LogP contribution is 2.22. The van der Waals surface area contributed by atoms with Crippen molar-refractivity contribution < 1.29 is 19.1 Å². The SMILES string of the molecule is CC.CC.N#Cc1ccccc1.O=C1c2ccccc2C(=O)N1CC(O)Cc1ccc(F)cc1. The van der Waals surface area contributed by atoms with E-state index in [-0.39, 0.29) is 18.8 Å². The maximum absolute atomic E-state index is 12.8. The van der Waals surface area contributed by atoms with E-state index in [1.165, 1.54) is 12.1 Å². The lowest BCUT2D eigenvalue weighted by molar-refractivity contribution is 0.0544. The van der Waals surface area contributed by atoms with Crippen LogP contribution < -0.4 is 0 Å². The molecule has 5 nitrogen and oxygen atoms in total. The monoisotopic (exact) mass is 462 g/mol. The van der Waals surface area contributed by atoms with Crippen LogP contribution in [0.5, 0.6) is 0 Å². The number of halogens is 1. The van der Waals surface area contributed by atoms with Crippen molar-refractivity contribution in [3.05, 3.63) is 107 Å². The highest BCUT2D eigenvalue weighted by atomic mass is 19.1. The molecule has 1 atom stereocenters. The summed E-state index contributed by atoms with van der Waals surface area (Å²) >= 11 is 0. The van der Waals surface area contributed by atoms with Gasteiger partial charge in [0.2, 0.25) is 0 Å². The first kappa shape index (κ1) is 28.2. The fourth-order valence-corrected chi connectivity index (χ4v) is 3.09. The number of benzene rings is 3. The van der Waals surface area contributed by atoms with Crippen LogP contribution in [0.1, 0.15) is 59.5 Å². The number of fused-ring (bicyclic) bond motifs is 1. The predicted molar refractivity (Wildman–Crippen MR) is 132 cm³/mol. The Balaban J connectivity index is 0.000000403. The van der Waals surface area contributed by atoms with Crippen LogP contribution in [-0.4, -0.2) is 34.5 Å². The Labute approximate surface area is 201 Å². The molecule has 6 heteroatoms. The number of nitriles is 1. The van der Waals surface area contributed by atoms with Gasteiger partial charge in [-0.05, 0) is 42.0 Å². The van der Waals surface area contributed by atoms with Crippen LogP contribution in [0.3, 0.4) is 0 Å². The summed E-state index contributed by atoms with van der Waals surface area (Å²) in [5.41, 5.74) is 2.18. The van der Waals surface area contributed by atoms with E-state index in [1.54, 1.807) is 48.5 Å². The Morgan fingerprint density at radius 1 is 0.824 bits per heavy atom. The number of hydrogen-bond donors (Lipinski definition) is 1. The van der Waals surface area contributed by atoms with Crippen molar-refractivity contribution in [2.75, 3.05) is 6.54 Å². The lowest BCUT2D eigenvalue weighted by Gasteiger charge is -2.18. The number of aliphatic hydroxyl groups excluding tert-OH is 1. The number of aliphatic hydroxyl groups is 1. The summed E-state index contributed by atoms with van der Waals surface area (Å²) in [6.45, 7) is 7.92. The average molecular weight is 463 g/mol. The molecule has 0 bridgehead atoms. The number of imide groups is 1. The van der Waals surface area contributed by atoms with Gasteiger partial charge in [0.15, 0.2) is 0 Å². The molecule has 178 valence electrons. The van der Waals surface area contributed by atoms with Gasteiger partial charge in [0.05, 0.1) is 35.4 Å².